The maximum absolute atomic E-state index is 13.7. The van der Waals surface area contributed by atoms with Crippen molar-refractivity contribution in [1.82, 2.24) is 15.0 Å². The van der Waals surface area contributed by atoms with E-state index in [2.05, 4.69) is 21.9 Å². The molecule has 1 aromatic carbocycles. The predicted molar refractivity (Wildman–Crippen MR) is 141 cm³/mol. The number of benzene rings is 1. The lowest BCUT2D eigenvalue weighted by atomic mass is 9.43. The van der Waals surface area contributed by atoms with Crippen LogP contribution in [-0.2, 0) is 16.1 Å². The lowest BCUT2D eigenvalue weighted by molar-refractivity contribution is -0.274. The summed E-state index contributed by atoms with van der Waals surface area (Å²) < 4.78 is 47.7. The molecule has 40 heavy (non-hydrogen) atoms. The number of Topliss-reactive ketones (excluding diaryl/α,β-unsaturated/α-hetero) is 1. The Morgan fingerprint density at radius 3 is 2.58 bits per heavy atom. The maximum atomic E-state index is 13.7. The largest absolute Gasteiger partial charge is 0.573 e. The van der Waals surface area contributed by atoms with E-state index in [0.29, 0.717) is 29.2 Å². The summed E-state index contributed by atoms with van der Waals surface area (Å²) in [4.78, 5) is 15.0. The lowest BCUT2D eigenvalue weighted by Crippen LogP contribution is -2.58. The molecule has 1 aromatic heterocycles. The van der Waals surface area contributed by atoms with Crippen molar-refractivity contribution in [3.63, 3.8) is 0 Å². The number of carbonyl (C=O) groups is 1. The van der Waals surface area contributed by atoms with Crippen LogP contribution in [0.25, 0.3) is 11.0 Å². The highest BCUT2D eigenvalue weighted by Crippen LogP contribution is 2.68. The molecule has 0 saturated heterocycles. The molecule has 4 aliphatic carbocycles. The summed E-state index contributed by atoms with van der Waals surface area (Å²) in [6, 6.07) is 3.83. The monoisotopic (exact) mass is 563 g/mol. The number of aliphatic hydroxyl groups is 1. The van der Waals surface area contributed by atoms with E-state index >= 15 is 0 Å². The van der Waals surface area contributed by atoms with Crippen LogP contribution in [-0.4, -0.2) is 51.6 Å². The Hall–Kier alpha value is -2.20. The fourth-order valence-electron chi connectivity index (χ4n) is 9.77. The third-order valence-electron chi connectivity index (χ3n) is 11.4. The molecule has 1 N–H and O–H groups in total. The molecule has 6 rings (SSSR count). The fourth-order valence-corrected chi connectivity index (χ4v) is 9.77. The van der Waals surface area contributed by atoms with Gasteiger partial charge in [0.25, 0.3) is 0 Å². The number of hydrogen-bond acceptors (Lipinski definition) is 6. The Morgan fingerprint density at radius 2 is 1.82 bits per heavy atom. The standard InChI is InChI=1S/C30H40F3N3O4/c1-27(38)12-13-29(17-39-3)18(15-27)4-6-20-21-7-8-23(28(21,2)11-10-22(20)29)26(37)16-36-34-24-9-5-19(14-25(24)35-36)40-30(31,32)33/h5,9,14,18,20-23,38H,4,6-8,10-13,15-17H2,1-3H3/t18-,20-,21-,22-,23+,27+,28-,29+/m0/s1. The molecule has 220 valence electrons. The van der Waals surface area contributed by atoms with Gasteiger partial charge in [0.1, 0.15) is 23.3 Å². The molecule has 0 spiro atoms. The number of alkyl halides is 3. The van der Waals surface area contributed by atoms with Crippen molar-refractivity contribution >= 4 is 16.8 Å². The molecule has 4 saturated carbocycles. The number of nitrogens with zero attached hydrogens (tertiary/aromatic N) is 3. The van der Waals surface area contributed by atoms with E-state index in [1.807, 2.05) is 6.92 Å². The Kier molecular flexibility index (Phi) is 6.76. The van der Waals surface area contributed by atoms with Crippen LogP contribution in [0.1, 0.15) is 71.6 Å². The Morgan fingerprint density at radius 1 is 1.05 bits per heavy atom. The summed E-state index contributed by atoms with van der Waals surface area (Å²) in [6.07, 6.45) is 4.08. The highest BCUT2D eigenvalue weighted by atomic mass is 19.4. The second-order valence-electron chi connectivity index (χ2n) is 13.6. The van der Waals surface area contributed by atoms with Crippen LogP contribution in [0.2, 0.25) is 0 Å². The van der Waals surface area contributed by atoms with Gasteiger partial charge in [-0.25, -0.2) is 0 Å². The van der Waals surface area contributed by atoms with Gasteiger partial charge in [0.05, 0.1) is 12.2 Å². The van der Waals surface area contributed by atoms with E-state index in [9.17, 15) is 23.1 Å². The van der Waals surface area contributed by atoms with Gasteiger partial charge in [0.2, 0.25) is 0 Å². The van der Waals surface area contributed by atoms with Crippen LogP contribution in [0.4, 0.5) is 13.2 Å². The molecule has 10 heteroatoms. The van der Waals surface area contributed by atoms with Crippen LogP contribution in [0.5, 0.6) is 5.75 Å². The van der Waals surface area contributed by atoms with Crippen molar-refractivity contribution in [3.8, 4) is 5.75 Å². The van der Waals surface area contributed by atoms with Gasteiger partial charge in [-0.15, -0.1) is 13.2 Å². The zero-order valence-corrected chi connectivity index (χ0v) is 23.5. The average Bonchev–Trinajstić information content (AvgIpc) is 3.42. The van der Waals surface area contributed by atoms with Gasteiger partial charge >= 0.3 is 6.36 Å². The topological polar surface area (TPSA) is 86.5 Å². The molecule has 0 bridgehead atoms. The average molecular weight is 564 g/mol. The molecule has 1 heterocycles. The van der Waals surface area contributed by atoms with Crippen LogP contribution < -0.4 is 4.74 Å². The SMILES string of the molecule is COC[C@]12CC[C@@](C)(O)C[C@@H]1CC[C@H]1[C@@H]3CC[C@H](C(=O)Cn4nc5ccc(OC(F)(F)F)cc5n4)[C@@]3(C)CC[C@@H]12. The van der Waals surface area contributed by atoms with Gasteiger partial charge in [-0.05, 0) is 111 Å². The molecule has 0 unspecified atom stereocenters. The Balaban J connectivity index is 1.19. The summed E-state index contributed by atoms with van der Waals surface area (Å²) in [6.45, 7) is 5.04. The van der Waals surface area contributed by atoms with Gasteiger partial charge in [0.15, 0.2) is 5.78 Å². The molecular formula is C30H40F3N3O4. The van der Waals surface area contributed by atoms with E-state index < -0.39 is 12.0 Å². The second-order valence-corrected chi connectivity index (χ2v) is 13.6. The smallest absolute Gasteiger partial charge is 0.406 e. The second kappa shape index (κ2) is 9.68. The number of carbonyl (C=O) groups excluding carboxylic acids is 1. The molecular weight excluding hydrogens is 523 g/mol. The zero-order valence-electron chi connectivity index (χ0n) is 23.5. The quantitative estimate of drug-likeness (QED) is 0.469. The van der Waals surface area contributed by atoms with Crippen molar-refractivity contribution in [3.05, 3.63) is 18.2 Å². The molecule has 0 radical (unpaired) electrons. The minimum atomic E-state index is -4.79. The molecule has 2 aromatic rings. The van der Waals surface area contributed by atoms with Gasteiger partial charge < -0.3 is 14.6 Å². The first-order chi connectivity index (χ1) is 18.8. The Bertz CT molecular complexity index is 1280. The summed E-state index contributed by atoms with van der Waals surface area (Å²) in [5.41, 5.74) is 0.111. The molecule has 4 aliphatic rings. The molecule has 4 fully saturated rings. The van der Waals surface area contributed by atoms with E-state index in [0.717, 1.165) is 64.4 Å². The van der Waals surface area contributed by atoms with Gasteiger partial charge in [-0.2, -0.15) is 15.0 Å². The van der Waals surface area contributed by atoms with Crippen molar-refractivity contribution in [2.45, 2.75) is 90.1 Å². The van der Waals surface area contributed by atoms with Crippen LogP contribution in [0, 0.1) is 40.4 Å². The number of ketones is 1. The van der Waals surface area contributed by atoms with Crippen LogP contribution in [0.3, 0.4) is 0 Å². The highest BCUT2D eigenvalue weighted by Gasteiger charge is 2.63. The molecule has 8 atom stereocenters. The number of halogens is 3. The number of methoxy groups -OCH3 is 1. The normalized spacial score (nSPS) is 39.4. The van der Waals surface area contributed by atoms with E-state index in [1.54, 1.807) is 7.11 Å². The predicted octanol–water partition coefficient (Wildman–Crippen LogP) is 5.94. The van der Waals surface area contributed by atoms with Crippen molar-refractivity contribution in [2.75, 3.05) is 13.7 Å². The summed E-state index contributed by atoms with van der Waals surface area (Å²) in [5, 5.41) is 19.5. The van der Waals surface area contributed by atoms with Crippen molar-refractivity contribution < 1.29 is 32.5 Å². The lowest BCUT2D eigenvalue weighted by Gasteiger charge is -2.62. The van der Waals surface area contributed by atoms with E-state index in [4.69, 9.17) is 4.74 Å². The first kappa shape index (κ1) is 27.9. The van der Waals surface area contributed by atoms with Crippen molar-refractivity contribution in [1.29, 1.82) is 0 Å². The fraction of sp³-hybridized carbons (Fsp3) is 0.767. The third kappa shape index (κ3) is 4.72. The highest BCUT2D eigenvalue weighted by molar-refractivity contribution is 5.82. The van der Waals surface area contributed by atoms with Crippen LogP contribution >= 0.6 is 0 Å². The van der Waals surface area contributed by atoms with E-state index in [-0.39, 0.29) is 40.3 Å². The number of ether oxygens (including phenoxy) is 2. The summed E-state index contributed by atoms with van der Waals surface area (Å²) in [7, 11) is 1.80. The molecule has 7 nitrogen and oxygen atoms in total. The minimum absolute atomic E-state index is 0.00990. The minimum Gasteiger partial charge on any atom is -0.406 e. The van der Waals surface area contributed by atoms with Crippen LogP contribution in [0.15, 0.2) is 18.2 Å². The third-order valence-corrected chi connectivity index (χ3v) is 11.4. The maximum Gasteiger partial charge on any atom is 0.573 e. The molecule has 0 amide bonds. The van der Waals surface area contributed by atoms with Gasteiger partial charge in [-0.3, -0.25) is 4.79 Å². The van der Waals surface area contributed by atoms with E-state index in [1.165, 1.54) is 23.0 Å². The molecule has 0 aliphatic heterocycles. The van der Waals surface area contributed by atoms with Gasteiger partial charge in [0, 0.05) is 19.1 Å². The number of fused-ring (bicyclic) bond motifs is 6. The number of rotatable bonds is 6. The van der Waals surface area contributed by atoms with Gasteiger partial charge in [-0.1, -0.05) is 6.92 Å². The number of hydrogen-bond donors (Lipinski definition) is 1. The van der Waals surface area contributed by atoms with Crippen molar-refractivity contribution in [2.24, 2.45) is 40.4 Å². The summed E-state index contributed by atoms with van der Waals surface area (Å²) in [5.74, 6) is 1.73. The first-order valence-corrected chi connectivity index (χ1v) is 14.7. The number of aromatic nitrogens is 3. The summed E-state index contributed by atoms with van der Waals surface area (Å²) >= 11 is 0. The zero-order chi connectivity index (χ0) is 28.5. The Labute approximate surface area is 232 Å². The first-order valence-electron chi connectivity index (χ1n) is 14.7.